The SMILES string of the molecule is O=c1nc(Cl)cc2n1CC[C@]13CO[C@H](CN21)C3. The van der Waals surface area contributed by atoms with E-state index in [4.69, 9.17) is 16.3 Å². The molecule has 3 aliphatic heterocycles. The third kappa shape index (κ3) is 1.18. The Kier molecular flexibility index (Phi) is 1.77. The van der Waals surface area contributed by atoms with Gasteiger partial charge in [-0.2, -0.15) is 4.98 Å². The van der Waals surface area contributed by atoms with Crippen molar-refractivity contribution in [2.75, 3.05) is 18.1 Å². The number of morpholine rings is 1. The quantitative estimate of drug-likeness (QED) is 0.637. The molecule has 4 heterocycles. The van der Waals surface area contributed by atoms with Crippen molar-refractivity contribution in [2.45, 2.75) is 31.0 Å². The summed E-state index contributed by atoms with van der Waals surface area (Å²) in [4.78, 5) is 17.9. The van der Waals surface area contributed by atoms with E-state index in [0.29, 0.717) is 12.6 Å². The summed E-state index contributed by atoms with van der Waals surface area (Å²) < 4.78 is 7.43. The summed E-state index contributed by atoms with van der Waals surface area (Å²) in [7, 11) is 0. The lowest BCUT2D eigenvalue weighted by atomic mass is 9.92. The molecule has 1 spiro atoms. The second kappa shape index (κ2) is 3.03. The van der Waals surface area contributed by atoms with Crippen molar-refractivity contribution in [3.63, 3.8) is 0 Å². The van der Waals surface area contributed by atoms with Crippen LogP contribution >= 0.6 is 11.6 Å². The molecule has 0 saturated carbocycles. The van der Waals surface area contributed by atoms with Crippen LogP contribution in [0.3, 0.4) is 0 Å². The highest BCUT2D eigenvalue weighted by atomic mass is 35.5. The van der Waals surface area contributed by atoms with Gasteiger partial charge in [-0.25, -0.2) is 4.79 Å². The number of aromatic nitrogens is 2. The van der Waals surface area contributed by atoms with Gasteiger partial charge in [0.25, 0.3) is 0 Å². The average molecular weight is 254 g/mol. The van der Waals surface area contributed by atoms with E-state index >= 15 is 0 Å². The van der Waals surface area contributed by atoms with Gasteiger partial charge in [0.15, 0.2) is 0 Å². The van der Waals surface area contributed by atoms with Crippen LogP contribution in [0.4, 0.5) is 5.82 Å². The van der Waals surface area contributed by atoms with Crippen molar-refractivity contribution >= 4 is 17.4 Å². The van der Waals surface area contributed by atoms with Crippen LogP contribution in [-0.2, 0) is 11.3 Å². The fourth-order valence-corrected chi connectivity index (χ4v) is 3.55. The van der Waals surface area contributed by atoms with Gasteiger partial charge in [-0.15, -0.1) is 0 Å². The summed E-state index contributed by atoms with van der Waals surface area (Å²) in [5.74, 6) is 0.909. The summed E-state index contributed by atoms with van der Waals surface area (Å²) in [5, 5.41) is 0.280. The monoisotopic (exact) mass is 253 g/mol. The van der Waals surface area contributed by atoms with Gasteiger partial charge in [0.2, 0.25) is 0 Å². The molecule has 0 unspecified atom stereocenters. The minimum atomic E-state index is -0.244. The standard InChI is InChI=1S/C11H12ClN3O2/c12-8-3-9-14(10(16)13-8)2-1-11-4-7(17-6-11)5-15(9)11/h3,7H,1-2,4-6H2/t7-,11-/m0/s1. The molecule has 17 heavy (non-hydrogen) atoms. The largest absolute Gasteiger partial charge is 0.374 e. The van der Waals surface area contributed by atoms with E-state index in [9.17, 15) is 4.79 Å². The van der Waals surface area contributed by atoms with Gasteiger partial charge in [0.05, 0.1) is 18.2 Å². The Hall–Kier alpha value is -1.07. The Morgan fingerprint density at radius 1 is 1.59 bits per heavy atom. The molecule has 4 rings (SSSR count). The van der Waals surface area contributed by atoms with Crippen LogP contribution in [-0.4, -0.2) is 34.3 Å². The molecule has 90 valence electrons. The van der Waals surface area contributed by atoms with Gasteiger partial charge in [0.1, 0.15) is 11.0 Å². The Morgan fingerprint density at radius 2 is 2.47 bits per heavy atom. The van der Waals surface area contributed by atoms with E-state index in [-0.39, 0.29) is 16.4 Å². The van der Waals surface area contributed by atoms with Gasteiger partial charge >= 0.3 is 5.69 Å². The first-order chi connectivity index (χ1) is 8.18. The fraction of sp³-hybridized carbons (Fsp3) is 0.636. The summed E-state index contributed by atoms with van der Waals surface area (Å²) in [6.07, 6.45) is 2.34. The number of hydrogen-bond acceptors (Lipinski definition) is 4. The molecule has 0 radical (unpaired) electrons. The average Bonchev–Trinajstić information content (AvgIpc) is 2.84. The molecule has 0 amide bonds. The van der Waals surface area contributed by atoms with E-state index in [1.807, 2.05) is 0 Å². The third-order valence-corrected chi connectivity index (χ3v) is 4.38. The minimum absolute atomic E-state index is 0.0990. The van der Waals surface area contributed by atoms with Crippen molar-refractivity contribution in [2.24, 2.45) is 0 Å². The van der Waals surface area contributed by atoms with Crippen LogP contribution in [0, 0.1) is 0 Å². The van der Waals surface area contributed by atoms with Gasteiger partial charge in [0, 0.05) is 25.6 Å². The van der Waals surface area contributed by atoms with E-state index in [1.165, 1.54) is 0 Å². The van der Waals surface area contributed by atoms with Gasteiger partial charge in [-0.1, -0.05) is 11.6 Å². The van der Waals surface area contributed by atoms with Crippen LogP contribution in [0.1, 0.15) is 12.8 Å². The lowest BCUT2D eigenvalue weighted by Crippen LogP contribution is -2.54. The molecule has 0 aromatic carbocycles. The summed E-state index contributed by atoms with van der Waals surface area (Å²) in [6.45, 7) is 2.34. The van der Waals surface area contributed by atoms with E-state index < -0.39 is 0 Å². The summed E-state index contributed by atoms with van der Waals surface area (Å²) >= 11 is 5.89. The number of hydrogen-bond donors (Lipinski definition) is 0. The fourth-order valence-electron chi connectivity index (χ4n) is 3.38. The Labute approximate surface area is 103 Å². The van der Waals surface area contributed by atoms with E-state index in [1.54, 1.807) is 10.6 Å². The normalized spacial score (nSPS) is 33.7. The van der Waals surface area contributed by atoms with Crippen LogP contribution in [0.5, 0.6) is 0 Å². The highest BCUT2D eigenvalue weighted by Gasteiger charge is 2.54. The maximum atomic E-state index is 11.8. The lowest BCUT2D eigenvalue weighted by molar-refractivity contribution is 0.0777. The van der Waals surface area contributed by atoms with Crippen molar-refractivity contribution < 1.29 is 4.74 Å². The van der Waals surface area contributed by atoms with E-state index in [2.05, 4.69) is 9.88 Å². The minimum Gasteiger partial charge on any atom is -0.374 e. The van der Waals surface area contributed by atoms with E-state index in [0.717, 1.165) is 31.8 Å². The number of rotatable bonds is 0. The molecule has 2 saturated heterocycles. The third-order valence-electron chi connectivity index (χ3n) is 4.19. The maximum Gasteiger partial charge on any atom is 0.350 e. The molecule has 1 aromatic rings. The molecular weight excluding hydrogens is 242 g/mol. The topological polar surface area (TPSA) is 47.4 Å². The number of anilines is 1. The molecule has 2 bridgehead atoms. The molecule has 0 aliphatic carbocycles. The number of halogens is 1. The predicted octanol–water partition coefficient (Wildman–Crippen LogP) is 0.648. The Balaban J connectivity index is 1.91. The Morgan fingerprint density at radius 3 is 3.29 bits per heavy atom. The second-order valence-electron chi connectivity index (χ2n) is 5.09. The highest BCUT2D eigenvalue weighted by molar-refractivity contribution is 6.29. The van der Waals surface area contributed by atoms with Crippen molar-refractivity contribution in [3.8, 4) is 0 Å². The zero-order valence-corrected chi connectivity index (χ0v) is 9.98. The first-order valence-electron chi connectivity index (χ1n) is 5.85. The Bertz CT molecular complexity index is 558. The molecule has 5 nitrogen and oxygen atoms in total. The zero-order valence-electron chi connectivity index (χ0n) is 9.23. The molecule has 2 fully saturated rings. The summed E-state index contributed by atoms with van der Waals surface area (Å²) in [6, 6.07) is 1.80. The number of fused-ring (bicyclic) bond motifs is 3. The molecule has 0 N–H and O–H groups in total. The second-order valence-corrected chi connectivity index (χ2v) is 5.48. The zero-order chi connectivity index (χ0) is 11.6. The van der Waals surface area contributed by atoms with Crippen LogP contribution in [0.25, 0.3) is 0 Å². The first-order valence-corrected chi connectivity index (χ1v) is 6.22. The molecule has 2 atom stereocenters. The van der Waals surface area contributed by atoms with Gasteiger partial charge in [-0.3, -0.25) is 4.57 Å². The molecule has 3 aliphatic rings. The number of nitrogens with zero attached hydrogens (tertiary/aromatic N) is 3. The smallest absolute Gasteiger partial charge is 0.350 e. The van der Waals surface area contributed by atoms with Gasteiger partial charge in [-0.05, 0) is 6.42 Å². The lowest BCUT2D eigenvalue weighted by Gasteiger charge is -2.44. The maximum absolute atomic E-state index is 11.8. The molecular formula is C11H12ClN3O2. The predicted molar refractivity (Wildman–Crippen MR) is 62.6 cm³/mol. The van der Waals surface area contributed by atoms with Crippen LogP contribution in [0.2, 0.25) is 5.15 Å². The van der Waals surface area contributed by atoms with Crippen molar-refractivity contribution in [3.05, 3.63) is 21.7 Å². The molecule has 1 aromatic heterocycles. The van der Waals surface area contributed by atoms with Crippen molar-refractivity contribution in [1.82, 2.24) is 9.55 Å². The highest BCUT2D eigenvalue weighted by Crippen LogP contribution is 2.45. The van der Waals surface area contributed by atoms with Gasteiger partial charge < -0.3 is 9.64 Å². The van der Waals surface area contributed by atoms with Crippen LogP contribution < -0.4 is 10.6 Å². The number of ether oxygens (including phenoxy) is 1. The summed E-state index contributed by atoms with van der Waals surface area (Å²) in [5.41, 5.74) is -0.145. The first kappa shape index (κ1) is 9.91. The molecule has 6 heteroatoms. The van der Waals surface area contributed by atoms with Crippen LogP contribution in [0.15, 0.2) is 10.9 Å². The van der Waals surface area contributed by atoms with Crippen molar-refractivity contribution in [1.29, 1.82) is 0 Å².